The van der Waals surface area contributed by atoms with Crippen LogP contribution in [0.2, 0.25) is 5.02 Å². The van der Waals surface area contributed by atoms with Gasteiger partial charge in [0.1, 0.15) is 23.8 Å². The van der Waals surface area contributed by atoms with Gasteiger partial charge in [0.25, 0.3) is 5.91 Å². The molecular weight excluding hydrogens is 608 g/mol. The third-order valence-electron chi connectivity index (χ3n) is 7.84. The van der Waals surface area contributed by atoms with Crippen LogP contribution < -0.4 is 24.4 Å². The Labute approximate surface area is 255 Å². The van der Waals surface area contributed by atoms with Gasteiger partial charge in [-0.1, -0.05) is 23.7 Å². The Kier molecular flexibility index (Phi) is 8.94. The summed E-state index contributed by atoms with van der Waals surface area (Å²) in [6.45, 7) is 0.192. The van der Waals surface area contributed by atoms with Crippen LogP contribution >= 0.6 is 11.6 Å². The molecule has 1 aliphatic carbocycles. The number of fused-ring (bicyclic) bond motifs is 1. The van der Waals surface area contributed by atoms with E-state index in [9.17, 15) is 32.3 Å². The van der Waals surface area contributed by atoms with Crippen molar-refractivity contribution in [1.82, 2.24) is 0 Å². The van der Waals surface area contributed by atoms with Gasteiger partial charge in [0.05, 0.1) is 26.0 Å². The molecule has 0 spiro atoms. The Morgan fingerprint density at radius 1 is 1.16 bits per heavy atom. The van der Waals surface area contributed by atoms with Crippen LogP contribution in [0.15, 0.2) is 54.6 Å². The number of benzene rings is 3. The number of hydrogen-bond acceptors (Lipinski definition) is 7. The molecule has 1 heterocycles. The highest BCUT2D eigenvalue weighted by Gasteiger charge is 2.44. The SMILES string of the molecule is COc1cc(NC(C(=O)N2CCc3cc(F)c(OC(F)(F)F)cc32)c2ccc(Cl)cc2)cc(OCC2CC(C=O)(CO)C2)c1. The highest BCUT2D eigenvalue weighted by molar-refractivity contribution is 6.30. The van der Waals surface area contributed by atoms with Crippen molar-refractivity contribution < 1.29 is 46.5 Å². The summed E-state index contributed by atoms with van der Waals surface area (Å²) in [5.74, 6) is -1.79. The number of nitrogens with zero attached hydrogens (tertiary/aromatic N) is 1. The monoisotopic (exact) mass is 636 g/mol. The summed E-state index contributed by atoms with van der Waals surface area (Å²) in [6.07, 6.45) is -3.09. The van der Waals surface area contributed by atoms with E-state index in [-0.39, 0.29) is 31.2 Å². The molecular formula is C31H29ClF4N2O6. The van der Waals surface area contributed by atoms with Crippen molar-refractivity contribution in [3.63, 3.8) is 0 Å². The summed E-state index contributed by atoms with van der Waals surface area (Å²) in [6, 6.07) is 12.3. The second-order valence-electron chi connectivity index (χ2n) is 10.9. The fourth-order valence-corrected chi connectivity index (χ4v) is 5.75. The molecule has 1 aliphatic heterocycles. The summed E-state index contributed by atoms with van der Waals surface area (Å²) in [7, 11) is 1.47. The smallest absolute Gasteiger partial charge is 0.497 e. The lowest BCUT2D eigenvalue weighted by molar-refractivity contribution is -0.275. The maximum atomic E-state index is 14.4. The molecule has 2 N–H and O–H groups in total. The van der Waals surface area contributed by atoms with Gasteiger partial charge in [-0.3, -0.25) is 4.79 Å². The zero-order chi connectivity index (χ0) is 31.6. The first-order chi connectivity index (χ1) is 20.9. The Morgan fingerprint density at radius 2 is 1.86 bits per heavy atom. The minimum Gasteiger partial charge on any atom is -0.497 e. The number of carbonyl (C=O) groups is 2. The fraction of sp³-hybridized carbons (Fsp3) is 0.355. The van der Waals surface area contributed by atoms with Gasteiger partial charge in [0.2, 0.25) is 0 Å². The number of anilines is 2. The Hall–Kier alpha value is -4.03. The number of methoxy groups -OCH3 is 1. The zero-order valence-corrected chi connectivity index (χ0v) is 24.3. The van der Waals surface area contributed by atoms with Crippen molar-refractivity contribution in [2.75, 3.05) is 37.1 Å². The zero-order valence-electron chi connectivity index (χ0n) is 23.5. The lowest BCUT2D eigenvalue weighted by Crippen LogP contribution is -2.43. The molecule has 2 aliphatic rings. The number of aliphatic hydroxyl groups is 1. The van der Waals surface area contributed by atoms with Gasteiger partial charge in [-0.15, -0.1) is 13.2 Å². The summed E-state index contributed by atoms with van der Waals surface area (Å²) < 4.78 is 68.3. The molecule has 3 aromatic carbocycles. The van der Waals surface area contributed by atoms with Crippen LogP contribution in [0.1, 0.15) is 30.0 Å². The van der Waals surface area contributed by atoms with E-state index < -0.39 is 35.3 Å². The van der Waals surface area contributed by atoms with Gasteiger partial charge in [0.15, 0.2) is 11.6 Å². The molecule has 13 heteroatoms. The van der Waals surface area contributed by atoms with Crippen LogP contribution in [0.5, 0.6) is 17.2 Å². The lowest BCUT2D eigenvalue weighted by Gasteiger charge is -2.42. The molecule has 5 rings (SSSR count). The molecule has 0 bridgehead atoms. The minimum absolute atomic E-state index is 0.0737. The third-order valence-corrected chi connectivity index (χ3v) is 8.09. The van der Waals surface area contributed by atoms with Gasteiger partial charge in [0, 0.05) is 46.9 Å². The number of aldehydes is 1. The highest BCUT2D eigenvalue weighted by atomic mass is 35.5. The molecule has 0 saturated heterocycles. The number of hydrogen-bond donors (Lipinski definition) is 2. The molecule has 1 unspecified atom stereocenters. The Morgan fingerprint density at radius 3 is 2.50 bits per heavy atom. The van der Waals surface area contributed by atoms with Crippen molar-refractivity contribution in [3.05, 3.63) is 76.6 Å². The topological polar surface area (TPSA) is 97.3 Å². The van der Waals surface area contributed by atoms with E-state index in [0.717, 1.165) is 18.4 Å². The number of ether oxygens (including phenoxy) is 3. The van der Waals surface area contributed by atoms with Crippen molar-refractivity contribution in [2.45, 2.75) is 31.7 Å². The van der Waals surface area contributed by atoms with E-state index >= 15 is 0 Å². The van der Waals surface area contributed by atoms with E-state index in [1.165, 1.54) is 12.0 Å². The molecule has 1 atom stereocenters. The lowest BCUT2D eigenvalue weighted by atomic mass is 9.63. The maximum absolute atomic E-state index is 14.4. The third kappa shape index (κ3) is 6.86. The van der Waals surface area contributed by atoms with E-state index in [1.807, 2.05) is 0 Å². The van der Waals surface area contributed by atoms with Crippen LogP contribution in [-0.4, -0.2) is 50.5 Å². The number of nitrogens with one attached hydrogen (secondary N) is 1. The van der Waals surface area contributed by atoms with Crippen LogP contribution in [0.3, 0.4) is 0 Å². The van der Waals surface area contributed by atoms with Crippen molar-refractivity contribution in [1.29, 1.82) is 0 Å². The number of amides is 1. The summed E-state index contributed by atoms with van der Waals surface area (Å²) >= 11 is 6.09. The van der Waals surface area contributed by atoms with E-state index in [2.05, 4.69) is 10.1 Å². The van der Waals surface area contributed by atoms with Crippen LogP contribution in [0, 0.1) is 17.2 Å². The Bertz CT molecular complexity index is 1530. The molecule has 3 aromatic rings. The molecule has 8 nitrogen and oxygen atoms in total. The largest absolute Gasteiger partial charge is 0.573 e. The molecule has 0 aromatic heterocycles. The summed E-state index contributed by atoms with van der Waals surface area (Å²) in [4.78, 5) is 26.7. The van der Waals surface area contributed by atoms with Crippen LogP contribution in [0.4, 0.5) is 28.9 Å². The van der Waals surface area contributed by atoms with Gasteiger partial charge < -0.3 is 34.3 Å². The average Bonchev–Trinajstić information content (AvgIpc) is 3.37. The number of rotatable bonds is 11. The summed E-state index contributed by atoms with van der Waals surface area (Å²) in [5, 5.41) is 13.1. The van der Waals surface area contributed by atoms with Crippen molar-refractivity contribution in [2.24, 2.45) is 11.3 Å². The number of carbonyl (C=O) groups excluding carboxylic acids is 2. The molecule has 0 radical (unpaired) electrons. The van der Waals surface area contributed by atoms with Crippen molar-refractivity contribution in [3.8, 4) is 17.2 Å². The average molecular weight is 637 g/mol. The van der Waals surface area contributed by atoms with Gasteiger partial charge in [-0.05, 0) is 54.5 Å². The first kappa shape index (κ1) is 31.4. The van der Waals surface area contributed by atoms with Crippen molar-refractivity contribution >= 4 is 35.2 Å². The first-order valence-electron chi connectivity index (χ1n) is 13.7. The molecule has 1 saturated carbocycles. The van der Waals surface area contributed by atoms with E-state index in [1.54, 1.807) is 42.5 Å². The van der Waals surface area contributed by atoms with E-state index in [4.69, 9.17) is 21.1 Å². The minimum atomic E-state index is -5.11. The maximum Gasteiger partial charge on any atom is 0.573 e. The fourth-order valence-electron chi connectivity index (χ4n) is 5.63. The normalized spacial score (nSPS) is 19.9. The van der Waals surface area contributed by atoms with Gasteiger partial charge in [-0.2, -0.15) is 0 Å². The summed E-state index contributed by atoms with van der Waals surface area (Å²) in [5.41, 5.74) is 0.712. The second kappa shape index (κ2) is 12.5. The highest BCUT2D eigenvalue weighted by Crippen LogP contribution is 2.44. The quantitative estimate of drug-likeness (QED) is 0.194. The first-order valence-corrected chi connectivity index (χ1v) is 14.1. The van der Waals surface area contributed by atoms with Crippen LogP contribution in [0.25, 0.3) is 0 Å². The predicted octanol–water partition coefficient (Wildman–Crippen LogP) is 6.10. The second-order valence-corrected chi connectivity index (χ2v) is 11.4. The molecule has 1 fully saturated rings. The molecule has 1 amide bonds. The predicted molar refractivity (Wildman–Crippen MR) is 154 cm³/mol. The van der Waals surface area contributed by atoms with Gasteiger partial charge >= 0.3 is 6.36 Å². The Balaban J connectivity index is 1.41. The molecule has 234 valence electrons. The van der Waals surface area contributed by atoms with Crippen LogP contribution in [-0.2, 0) is 16.0 Å². The van der Waals surface area contributed by atoms with E-state index in [0.29, 0.717) is 52.8 Å². The number of aliphatic hydroxyl groups excluding tert-OH is 1. The number of halogens is 5. The molecule has 44 heavy (non-hydrogen) atoms. The van der Waals surface area contributed by atoms with Gasteiger partial charge in [-0.25, -0.2) is 4.39 Å². The standard InChI is InChI=1S/C31H29ClF4N2O6/c1-42-23-9-22(10-24(11-23)43-15-18-13-30(14-18,16-39)17-40)37-28(19-2-4-21(32)5-3-19)29(41)38-7-6-20-8-25(33)27(12-26(20)38)44-31(34,35)36/h2-5,8-12,16,18,28,37,40H,6-7,13-15,17H2,1H3. The number of alkyl halides is 3.